The van der Waals surface area contributed by atoms with Crippen LogP contribution in [-0.4, -0.2) is 24.1 Å². The first-order valence-electron chi connectivity index (χ1n) is 5.75. The Morgan fingerprint density at radius 1 is 1.23 bits per heavy atom. The maximum absolute atomic E-state index is 13.2. The van der Waals surface area contributed by atoms with Crippen LogP contribution < -0.4 is 15.0 Å². The van der Waals surface area contributed by atoms with Gasteiger partial charge in [-0.1, -0.05) is 0 Å². The summed E-state index contributed by atoms with van der Waals surface area (Å²) >= 11 is 0. The monoisotopic (exact) mass is 318 g/mol. The summed E-state index contributed by atoms with van der Waals surface area (Å²) in [5, 5.41) is 10.3. The largest absolute Gasteiger partial charge is 0.493 e. The molecule has 7 nitrogen and oxygen atoms in total. The number of nitro groups is 1. The van der Waals surface area contributed by atoms with E-state index in [0.29, 0.717) is 0 Å². The van der Waals surface area contributed by atoms with Gasteiger partial charge in [0.15, 0.2) is 11.5 Å². The van der Waals surface area contributed by atoms with Gasteiger partial charge in [0.1, 0.15) is 5.56 Å². The third-order valence-electron chi connectivity index (χ3n) is 2.97. The molecule has 1 aromatic carbocycles. The minimum Gasteiger partial charge on any atom is -0.493 e. The van der Waals surface area contributed by atoms with E-state index < -0.39 is 33.3 Å². The molecule has 0 saturated heterocycles. The number of halogens is 3. The number of methoxy groups -OCH3 is 2. The highest BCUT2D eigenvalue weighted by molar-refractivity contribution is 5.92. The average Bonchev–Trinajstić information content (AvgIpc) is 2.42. The molecular weight excluding hydrogens is 309 g/mol. The molecule has 0 bridgehead atoms. The maximum Gasteiger partial charge on any atom is 0.423 e. The fourth-order valence-corrected chi connectivity index (χ4v) is 2.13. The molecule has 1 N–H and O–H groups in total. The van der Waals surface area contributed by atoms with Crippen LogP contribution in [0.2, 0.25) is 0 Å². The Labute approximate surface area is 120 Å². The van der Waals surface area contributed by atoms with Gasteiger partial charge in [-0.15, -0.1) is 0 Å². The number of nitrogens with zero attached hydrogens (tertiary/aromatic N) is 1. The van der Waals surface area contributed by atoms with E-state index in [-0.39, 0.29) is 17.0 Å². The van der Waals surface area contributed by atoms with Gasteiger partial charge in [-0.05, 0) is 12.1 Å². The van der Waals surface area contributed by atoms with Gasteiger partial charge in [-0.25, -0.2) is 0 Å². The van der Waals surface area contributed by atoms with E-state index in [2.05, 4.69) is 0 Å². The zero-order chi connectivity index (χ0) is 16.7. The lowest BCUT2D eigenvalue weighted by Crippen LogP contribution is -2.20. The lowest BCUT2D eigenvalue weighted by atomic mass is 10.1. The van der Waals surface area contributed by atoms with Gasteiger partial charge < -0.3 is 14.5 Å². The Hall–Kier alpha value is -2.78. The number of hydrogen-bond donors (Lipinski definition) is 1. The van der Waals surface area contributed by atoms with E-state index in [1.54, 1.807) is 0 Å². The fraction of sp³-hybridized carbons (Fsp3) is 0.250. The van der Waals surface area contributed by atoms with Gasteiger partial charge in [-0.2, -0.15) is 13.2 Å². The predicted octanol–water partition coefficient (Wildman–Crippen LogP) is 2.47. The molecule has 2 aromatic rings. The molecule has 0 spiro atoms. The van der Waals surface area contributed by atoms with Crippen LogP contribution in [0.3, 0.4) is 0 Å². The Morgan fingerprint density at radius 3 is 2.32 bits per heavy atom. The summed E-state index contributed by atoms with van der Waals surface area (Å²) in [5.74, 6) is -0.0786. The van der Waals surface area contributed by atoms with Crippen molar-refractivity contribution in [2.24, 2.45) is 0 Å². The highest BCUT2D eigenvalue weighted by Crippen LogP contribution is 2.42. The SMILES string of the molecule is COc1ccc2c(C(F)(F)F)c([N+](=O)[O-])c(=O)[nH]c2c1OC. The molecule has 22 heavy (non-hydrogen) atoms. The van der Waals surface area contributed by atoms with Gasteiger partial charge in [0.25, 0.3) is 0 Å². The smallest absolute Gasteiger partial charge is 0.423 e. The summed E-state index contributed by atoms with van der Waals surface area (Å²) in [6.07, 6.45) is -5.09. The summed E-state index contributed by atoms with van der Waals surface area (Å²) in [7, 11) is 2.43. The molecule has 2 rings (SSSR count). The van der Waals surface area contributed by atoms with Gasteiger partial charge in [0.2, 0.25) is 0 Å². The fourth-order valence-electron chi connectivity index (χ4n) is 2.13. The first kappa shape index (κ1) is 15.6. The lowest BCUT2D eigenvalue weighted by molar-refractivity contribution is -0.389. The number of ether oxygens (including phenoxy) is 2. The minimum absolute atomic E-state index is 0.0765. The van der Waals surface area contributed by atoms with Crippen LogP contribution in [0, 0.1) is 10.1 Å². The molecule has 0 saturated carbocycles. The molecule has 0 atom stereocenters. The zero-order valence-electron chi connectivity index (χ0n) is 11.3. The summed E-state index contributed by atoms with van der Waals surface area (Å²) in [6, 6.07) is 2.14. The van der Waals surface area contributed by atoms with Crippen molar-refractivity contribution in [1.82, 2.24) is 4.98 Å². The molecule has 1 aromatic heterocycles. The first-order valence-corrected chi connectivity index (χ1v) is 5.75. The number of fused-ring (bicyclic) bond motifs is 1. The maximum atomic E-state index is 13.2. The number of nitrogens with one attached hydrogen (secondary N) is 1. The number of H-pyrrole nitrogens is 1. The molecule has 0 unspecified atom stereocenters. The highest BCUT2D eigenvalue weighted by Gasteiger charge is 2.43. The van der Waals surface area contributed by atoms with Crippen molar-refractivity contribution in [3.05, 3.63) is 38.2 Å². The van der Waals surface area contributed by atoms with E-state index in [9.17, 15) is 28.1 Å². The van der Waals surface area contributed by atoms with Crippen molar-refractivity contribution < 1.29 is 27.6 Å². The third-order valence-corrected chi connectivity index (χ3v) is 2.97. The van der Waals surface area contributed by atoms with Crippen LogP contribution in [-0.2, 0) is 6.18 Å². The van der Waals surface area contributed by atoms with Crippen molar-refractivity contribution in [2.45, 2.75) is 6.18 Å². The standard InChI is InChI=1S/C12H9F3N2O5/c1-21-6-4-3-5-7(12(13,14)15)9(17(19)20)11(18)16-8(5)10(6)22-2/h3-4H,1-2H3,(H,16,18). The highest BCUT2D eigenvalue weighted by atomic mass is 19.4. The second kappa shape index (κ2) is 5.20. The van der Waals surface area contributed by atoms with Crippen molar-refractivity contribution in [3.8, 4) is 11.5 Å². The number of benzene rings is 1. The van der Waals surface area contributed by atoms with Crippen LogP contribution in [0.4, 0.5) is 18.9 Å². The van der Waals surface area contributed by atoms with E-state index in [0.717, 1.165) is 6.07 Å². The molecule has 0 aliphatic carbocycles. The summed E-state index contributed by atoms with van der Waals surface area (Å²) in [4.78, 5) is 23.2. The van der Waals surface area contributed by atoms with Gasteiger partial charge in [0, 0.05) is 5.39 Å². The number of aromatic nitrogens is 1. The Morgan fingerprint density at radius 2 is 1.86 bits per heavy atom. The van der Waals surface area contributed by atoms with Crippen LogP contribution in [0.15, 0.2) is 16.9 Å². The predicted molar refractivity (Wildman–Crippen MR) is 69.3 cm³/mol. The molecular formula is C12H9F3N2O5. The van der Waals surface area contributed by atoms with E-state index in [1.807, 2.05) is 4.98 Å². The van der Waals surface area contributed by atoms with E-state index in [4.69, 9.17) is 9.47 Å². The molecule has 0 radical (unpaired) electrons. The van der Waals surface area contributed by atoms with Gasteiger partial charge in [0.05, 0.1) is 24.7 Å². The third kappa shape index (κ3) is 2.32. The topological polar surface area (TPSA) is 94.5 Å². The Kier molecular flexibility index (Phi) is 3.69. The summed E-state index contributed by atoms with van der Waals surface area (Å²) < 4.78 is 49.5. The molecule has 10 heteroatoms. The van der Waals surface area contributed by atoms with Crippen molar-refractivity contribution >= 4 is 16.6 Å². The second-order valence-corrected chi connectivity index (χ2v) is 4.16. The number of alkyl halides is 3. The number of aromatic amines is 1. The van der Waals surface area contributed by atoms with Crippen molar-refractivity contribution in [1.29, 1.82) is 0 Å². The molecule has 118 valence electrons. The number of pyridine rings is 1. The summed E-state index contributed by atoms with van der Waals surface area (Å²) in [6.45, 7) is 0. The van der Waals surface area contributed by atoms with Crippen molar-refractivity contribution in [2.75, 3.05) is 14.2 Å². The lowest BCUT2D eigenvalue weighted by Gasteiger charge is -2.14. The van der Waals surface area contributed by atoms with Crippen LogP contribution >= 0.6 is 0 Å². The number of hydrogen-bond acceptors (Lipinski definition) is 5. The van der Waals surface area contributed by atoms with Crippen LogP contribution in [0.5, 0.6) is 11.5 Å². The normalized spacial score (nSPS) is 11.5. The van der Waals surface area contributed by atoms with Crippen LogP contribution in [0.1, 0.15) is 5.56 Å². The second-order valence-electron chi connectivity index (χ2n) is 4.16. The zero-order valence-corrected chi connectivity index (χ0v) is 11.3. The Balaban J connectivity index is 3.08. The molecule has 1 heterocycles. The van der Waals surface area contributed by atoms with Gasteiger partial charge in [-0.3, -0.25) is 14.9 Å². The first-order chi connectivity index (χ1) is 10.2. The van der Waals surface area contributed by atoms with Crippen LogP contribution in [0.25, 0.3) is 10.9 Å². The van der Waals surface area contributed by atoms with Gasteiger partial charge >= 0.3 is 17.4 Å². The number of rotatable bonds is 3. The summed E-state index contributed by atoms with van der Waals surface area (Å²) in [5.41, 5.74) is -4.99. The minimum atomic E-state index is -5.09. The van der Waals surface area contributed by atoms with E-state index in [1.165, 1.54) is 20.3 Å². The molecule has 0 aliphatic heterocycles. The molecule has 0 fully saturated rings. The van der Waals surface area contributed by atoms with Crippen molar-refractivity contribution in [3.63, 3.8) is 0 Å². The molecule has 0 aliphatic rings. The quantitative estimate of drug-likeness (QED) is 0.693. The average molecular weight is 318 g/mol. The Bertz CT molecular complexity index is 813. The van der Waals surface area contributed by atoms with E-state index >= 15 is 0 Å². The molecule has 0 amide bonds.